The maximum atomic E-state index is 12.0. The summed E-state index contributed by atoms with van der Waals surface area (Å²) in [5, 5.41) is 0. The molecule has 0 unspecified atom stereocenters. The van der Waals surface area contributed by atoms with Gasteiger partial charge >= 0.3 is 6.18 Å². The van der Waals surface area contributed by atoms with Crippen molar-refractivity contribution in [1.82, 2.24) is 4.98 Å². The van der Waals surface area contributed by atoms with Gasteiger partial charge in [0.15, 0.2) is 0 Å². The highest BCUT2D eigenvalue weighted by atomic mass is 19.4. The van der Waals surface area contributed by atoms with Crippen LogP contribution in [0.3, 0.4) is 0 Å². The highest BCUT2D eigenvalue weighted by Gasteiger charge is 2.33. The molecule has 0 aliphatic rings. The van der Waals surface area contributed by atoms with Crippen LogP contribution in [0.25, 0.3) is 0 Å². The Morgan fingerprint density at radius 3 is 2.08 bits per heavy atom. The molecule has 0 amide bonds. The van der Waals surface area contributed by atoms with Gasteiger partial charge in [-0.1, -0.05) is 20.9 Å². The second kappa shape index (κ2) is 4.84. The number of nitrogens with zero attached hydrogens (tertiary/aromatic N) is 1. The molecule has 76 valence electrons. The normalized spacial score (nSPS) is 9.85. The lowest BCUT2D eigenvalue weighted by Crippen LogP contribution is -2.09. The second-order valence-electron chi connectivity index (χ2n) is 2.17. The summed E-state index contributed by atoms with van der Waals surface area (Å²) in [4.78, 5) is 3.22. The number of hydrogen-bond acceptors (Lipinski definition) is 1. The van der Waals surface area contributed by atoms with Crippen molar-refractivity contribution >= 4 is 0 Å². The summed E-state index contributed by atoms with van der Waals surface area (Å²) in [6.07, 6.45) is -3.19. The number of rotatable bonds is 0. The maximum absolute atomic E-state index is 12.0. The van der Waals surface area contributed by atoms with E-state index in [4.69, 9.17) is 0 Å². The van der Waals surface area contributed by atoms with Crippen molar-refractivity contribution in [3.8, 4) is 0 Å². The zero-order valence-electron chi connectivity index (χ0n) is 5.81. The van der Waals surface area contributed by atoms with Gasteiger partial charge in [-0.25, -0.2) is 0 Å². The molecule has 0 atom stereocenters. The van der Waals surface area contributed by atoms with Crippen LogP contribution in [0.15, 0.2) is 18.3 Å². The van der Waals surface area contributed by atoms with Crippen LogP contribution in [-0.2, 0) is 6.18 Å². The highest BCUT2D eigenvalue weighted by molar-refractivity contribution is 5.19. The van der Waals surface area contributed by atoms with E-state index in [-0.39, 0.29) is 20.4 Å². The third kappa shape index (κ3) is 3.44. The van der Waals surface area contributed by atoms with E-state index in [1.165, 1.54) is 19.1 Å². The topological polar surface area (TPSA) is 12.9 Å². The van der Waals surface area contributed by atoms with Gasteiger partial charge in [-0.2, -0.15) is 13.2 Å². The highest BCUT2D eigenvalue weighted by Crippen LogP contribution is 2.29. The van der Waals surface area contributed by atoms with Crippen molar-refractivity contribution in [3.05, 3.63) is 29.6 Å². The van der Waals surface area contributed by atoms with Crippen LogP contribution in [0, 0.1) is 6.92 Å². The van der Waals surface area contributed by atoms with Gasteiger partial charge in [0.05, 0.1) is 0 Å². The lowest BCUT2D eigenvalue weighted by atomic mass is 10.2. The number of halogens is 3. The summed E-state index contributed by atoms with van der Waals surface area (Å²) in [6.45, 7) is 1.38. The van der Waals surface area contributed by atoms with Crippen LogP contribution in [0.2, 0.25) is 0 Å². The Morgan fingerprint density at radius 2 is 1.77 bits per heavy atom. The monoisotopic (exact) mass is 193 g/mol. The number of aryl methyl sites for hydroxylation is 1. The number of alkyl halides is 3. The summed E-state index contributed by atoms with van der Waals surface area (Å²) in [5.41, 5.74) is -0.653. The largest absolute Gasteiger partial charge is 0.433 e. The first kappa shape index (κ1) is 14.5. The smallest absolute Gasteiger partial charge is 0.252 e. The van der Waals surface area contributed by atoms with E-state index in [0.29, 0.717) is 0 Å². The van der Waals surface area contributed by atoms with Crippen LogP contribution in [-0.4, -0.2) is 4.98 Å². The number of pyridine rings is 1. The van der Waals surface area contributed by atoms with Gasteiger partial charge in [0.25, 0.3) is 0 Å². The van der Waals surface area contributed by atoms with Gasteiger partial charge in [0, 0.05) is 6.20 Å². The molecule has 0 saturated carbocycles. The third-order valence-corrected chi connectivity index (χ3v) is 1.28. The summed E-state index contributed by atoms with van der Waals surface area (Å²) in [7, 11) is 0. The second-order valence-corrected chi connectivity index (χ2v) is 2.17. The third-order valence-electron chi connectivity index (χ3n) is 1.28. The molecule has 0 fully saturated rings. The SMILES string of the molecule is C.C.Cc1cccnc1C(F)(F)F. The van der Waals surface area contributed by atoms with Crippen LogP contribution < -0.4 is 0 Å². The molecule has 1 heterocycles. The van der Waals surface area contributed by atoms with Crippen LogP contribution in [0.4, 0.5) is 13.2 Å². The van der Waals surface area contributed by atoms with Gasteiger partial charge in [0.2, 0.25) is 0 Å². The van der Waals surface area contributed by atoms with Gasteiger partial charge in [-0.15, -0.1) is 0 Å². The standard InChI is InChI=1S/C7H6F3N.2CH4/c1-5-3-2-4-11-6(5)7(8,9)10;;/h2-4H,1H3;2*1H4. The van der Waals surface area contributed by atoms with E-state index < -0.39 is 11.9 Å². The minimum Gasteiger partial charge on any atom is -0.252 e. The van der Waals surface area contributed by atoms with E-state index in [1.54, 1.807) is 0 Å². The predicted octanol–water partition coefficient (Wildman–Crippen LogP) is 3.68. The quantitative estimate of drug-likeness (QED) is 0.612. The van der Waals surface area contributed by atoms with Gasteiger partial charge in [0.1, 0.15) is 5.69 Å². The first-order valence-corrected chi connectivity index (χ1v) is 3.00. The first-order chi connectivity index (χ1) is 5.02. The van der Waals surface area contributed by atoms with Crippen molar-refractivity contribution in [2.45, 2.75) is 28.0 Å². The first-order valence-electron chi connectivity index (χ1n) is 3.00. The number of aromatic nitrogens is 1. The van der Waals surface area contributed by atoms with Crippen LogP contribution in [0.5, 0.6) is 0 Å². The molecule has 13 heavy (non-hydrogen) atoms. The van der Waals surface area contributed by atoms with E-state index in [1.807, 2.05) is 0 Å². The van der Waals surface area contributed by atoms with E-state index >= 15 is 0 Å². The Bertz CT molecular complexity index is 255. The fourth-order valence-corrected chi connectivity index (χ4v) is 0.782. The van der Waals surface area contributed by atoms with Crippen LogP contribution >= 0.6 is 0 Å². The Hall–Kier alpha value is -1.06. The molecule has 0 spiro atoms. The molecule has 4 heteroatoms. The van der Waals surface area contributed by atoms with Gasteiger partial charge in [-0.05, 0) is 18.6 Å². The molecule has 1 rings (SSSR count). The Morgan fingerprint density at radius 1 is 1.23 bits per heavy atom. The molecule has 1 aromatic heterocycles. The molecular weight excluding hydrogens is 179 g/mol. The molecule has 0 N–H and O–H groups in total. The average Bonchev–Trinajstić information content (AvgIpc) is 1.86. The Balaban J connectivity index is 0. The molecule has 0 aliphatic carbocycles. The summed E-state index contributed by atoms with van der Waals surface area (Å²) in [5.74, 6) is 0. The molecule has 0 aromatic carbocycles. The fourth-order valence-electron chi connectivity index (χ4n) is 0.782. The van der Waals surface area contributed by atoms with Crippen molar-refractivity contribution in [1.29, 1.82) is 0 Å². The van der Waals surface area contributed by atoms with Crippen molar-refractivity contribution in [2.24, 2.45) is 0 Å². The van der Waals surface area contributed by atoms with E-state index in [9.17, 15) is 13.2 Å². The molecule has 1 nitrogen and oxygen atoms in total. The van der Waals surface area contributed by atoms with E-state index in [2.05, 4.69) is 4.98 Å². The minimum atomic E-state index is -4.33. The van der Waals surface area contributed by atoms with E-state index in [0.717, 1.165) is 6.20 Å². The molecular formula is C9H14F3N. The maximum Gasteiger partial charge on any atom is 0.433 e. The van der Waals surface area contributed by atoms with Crippen LogP contribution in [0.1, 0.15) is 26.1 Å². The molecule has 0 saturated heterocycles. The van der Waals surface area contributed by atoms with Crippen molar-refractivity contribution in [3.63, 3.8) is 0 Å². The zero-order chi connectivity index (χ0) is 8.48. The number of hydrogen-bond donors (Lipinski definition) is 0. The summed E-state index contributed by atoms with van der Waals surface area (Å²) in [6, 6.07) is 2.86. The minimum absolute atomic E-state index is 0. The van der Waals surface area contributed by atoms with Gasteiger partial charge in [-0.3, -0.25) is 4.98 Å². The Labute approximate surface area is 76.6 Å². The lowest BCUT2D eigenvalue weighted by molar-refractivity contribution is -0.141. The zero-order valence-corrected chi connectivity index (χ0v) is 5.81. The van der Waals surface area contributed by atoms with Gasteiger partial charge < -0.3 is 0 Å². The fraction of sp³-hybridized carbons (Fsp3) is 0.444. The molecule has 0 aliphatic heterocycles. The molecule has 0 bridgehead atoms. The average molecular weight is 193 g/mol. The predicted molar refractivity (Wildman–Crippen MR) is 47.4 cm³/mol. The molecule has 1 aromatic rings. The lowest BCUT2D eigenvalue weighted by Gasteiger charge is -2.06. The summed E-state index contributed by atoms with van der Waals surface area (Å²) >= 11 is 0. The summed E-state index contributed by atoms with van der Waals surface area (Å²) < 4.78 is 36.0. The van der Waals surface area contributed by atoms with Crippen molar-refractivity contribution in [2.75, 3.05) is 0 Å². The Kier molecular flexibility index (Phi) is 5.39. The van der Waals surface area contributed by atoms with Crippen molar-refractivity contribution < 1.29 is 13.2 Å². The molecule has 0 radical (unpaired) electrons.